The van der Waals surface area contributed by atoms with E-state index in [2.05, 4.69) is 20.4 Å². The Hall–Kier alpha value is -2.31. The fourth-order valence-corrected chi connectivity index (χ4v) is 2.25. The third-order valence-corrected chi connectivity index (χ3v) is 3.64. The summed E-state index contributed by atoms with van der Waals surface area (Å²) in [6.45, 7) is 0.670. The van der Waals surface area contributed by atoms with Gasteiger partial charge >= 0.3 is 0 Å². The normalized spacial score (nSPS) is 10.6. The van der Waals surface area contributed by atoms with Crippen LogP contribution >= 0.6 is 23.2 Å². The average Bonchev–Trinajstić information content (AvgIpc) is 2.92. The SMILES string of the molecule is Nc1nc(Cl)c(Cl)c(Nc2cnn(Cc3ccccc3)c2)n1. The van der Waals surface area contributed by atoms with Gasteiger partial charge in [0.15, 0.2) is 11.0 Å². The first-order chi connectivity index (χ1) is 10.6. The van der Waals surface area contributed by atoms with E-state index in [4.69, 9.17) is 28.9 Å². The number of hydrogen-bond acceptors (Lipinski definition) is 5. The molecule has 0 amide bonds. The van der Waals surface area contributed by atoms with Crippen LogP contribution < -0.4 is 11.1 Å². The van der Waals surface area contributed by atoms with Crippen molar-refractivity contribution in [1.29, 1.82) is 0 Å². The molecular formula is C14H12Cl2N6. The van der Waals surface area contributed by atoms with Gasteiger partial charge in [0.2, 0.25) is 5.95 Å². The van der Waals surface area contributed by atoms with E-state index >= 15 is 0 Å². The quantitative estimate of drug-likeness (QED) is 0.715. The van der Waals surface area contributed by atoms with Crippen LogP contribution in [0.1, 0.15) is 5.56 Å². The summed E-state index contributed by atoms with van der Waals surface area (Å²) in [6.07, 6.45) is 3.51. The molecule has 3 aromatic rings. The highest BCUT2D eigenvalue weighted by Crippen LogP contribution is 2.29. The number of benzene rings is 1. The summed E-state index contributed by atoms with van der Waals surface area (Å²) >= 11 is 11.9. The highest BCUT2D eigenvalue weighted by molar-refractivity contribution is 6.42. The van der Waals surface area contributed by atoms with E-state index in [0.29, 0.717) is 12.4 Å². The molecule has 0 aliphatic rings. The molecule has 0 bridgehead atoms. The van der Waals surface area contributed by atoms with Gasteiger partial charge < -0.3 is 11.1 Å². The molecule has 0 atom stereocenters. The van der Waals surface area contributed by atoms with Crippen molar-refractivity contribution in [3.05, 3.63) is 58.5 Å². The number of anilines is 3. The highest BCUT2D eigenvalue weighted by atomic mass is 35.5. The van der Waals surface area contributed by atoms with E-state index in [-0.39, 0.29) is 16.1 Å². The molecule has 6 nitrogen and oxygen atoms in total. The Labute approximate surface area is 136 Å². The summed E-state index contributed by atoms with van der Waals surface area (Å²) in [6, 6.07) is 10.0. The topological polar surface area (TPSA) is 81.6 Å². The number of rotatable bonds is 4. The lowest BCUT2D eigenvalue weighted by Gasteiger charge is -2.06. The largest absolute Gasteiger partial charge is 0.368 e. The van der Waals surface area contributed by atoms with E-state index in [9.17, 15) is 0 Å². The summed E-state index contributed by atoms with van der Waals surface area (Å²) in [4.78, 5) is 7.80. The molecule has 22 heavy (non-hydrogen) atoms. The number of aromatic nitrogens is 4. The van der Waals surface area contributed by atoms with E-state index in [1.165, 1.54) is 0 Å². The van der Waals surface area contributed by atoms with Gasteiger partial charge in [-0.2, -0.15) is 15.1 Å². The second-order valence-electron chi connectivity index (χ2n) is 4.57. The van der Waals surface area contributed by atoms with Crippen molar-refractivity contribution in [3.8, 4) is 0 Å². The van der Waals surface area contributed by atoms with Crippen LogP contribution in [0.5, 0.6) is 0 Å². The zero-order valence-corrected chi connectivity index (χ0v) is 12.9. The van der Waals surface area contributed by atoms with Gasteiger partial charge in [-0.25, -0.2) is 0 Å². The van der Waals surface area contributed by atoms with Gasteiger partial charge in [-0.3, -0.25) is 4.68 Å². The van der Waals surface area contributed by atoms with Crippen LogP contribution in [0.2, 0.25) is 10.2 Å². The molecule has 0 aliphatic heterocycles. The minimum absolute atomic E-state index is 0.0496. The van der Waals surface area contributed by atoms with Crippen molar-refractivity contribution in [3.63, 3.8) is 0 Å². The summed E-state index contributed by atoms with van der Waals surface area (Å²) in [7, 11) is 0. The summed E-state index contributed by atoms with van der Waals surface area (Å²) in [5, 5.41) is 7.63. The Bertz CT molecular complexity index is 787. The van der Waals surface area contributed by atoms with E-state index in [0.717, 1.165) is 11.3 Å². The third-order valence-electron chi connectivity index (χ3n) is 2.91. The van der Waals surface area contributed by atoms with Gasteiger partial charge in [-0.1, -0.05) is 53.5 Å². The molecule has 0 unspecified atom stereocenters. The zero-order chi connectivity index (χ0) is 15.5. The van der Waals surface area contributed by atoms with Crippen molar-refractivity contribution in [2.24, 2.45) is 0 Å². The van der Waals surface area contributed by atoms with Crippen LogP contribution in [0.15, 0.2) is 42.7 Å². The fraction of sp³-hybridized carbons (Fsp3) is 0.0714. The Balaban J connectivity index is 1.77. The maximum absolute atomic E-state index is 6.05. The number of nitrogens with one attached hydrogen (secondary N) is 1. The molecule has 3 N–H and O–H groups in total. The standard InChI is InChI=1S/C14H12Cl2N6/c15-11-12(16)20-14(17)21-13(11)19-10-6-18-22(8-10)7-9-4-2-1-3-5-9/h1-6,8H,7H2,(H3,17,19,20,21). The number of halogens is 2. The molecule has 3 rings (SSSR count). The van der Waals surface area contributed by atoms with Crippen LogP contribution in [-0.2, 0) is 6.54 Å². The van der Waals surface area contributed by atoms with Crippen molar-refractivity contribution >= 4 is 40.7 Å². The van der Waals surface area contributed by atoms with Gasteiger partial charge in [-0.15, -0.1) is 0 Å². The molecule has 2 heterocycles. The predicted octanol–water partition coefficient (Wildman–Crippen LogP) is 3.35. The van der Waals surface area contributed by atoms with Gasteiger partial charge in [0.1, 0.15) is 5.02 Å². The monoisotopic (exact) mass is 334 g/mol. The third kappa shape index (κ3) is 3.29. The van der Waals surface area contributed by atoms with Gasteiger partial charge in [0.05, 0.1) is 18.4 Å². The van der Waals surface area contributed by atoms with Crippen molar-refractivity contribution in [2.75, 3.05) is 11.1 Å². The fourth-order valence-electron chi connectivity index (χ4n) is 1.94. The van der Waals surface area contributed by atoms with Gasteiger partial charge in [-0.05, 0) is 5.56 Å². The van der Waals surface area contributed by atoms with Crippen LogP contribution in [0.25, 0.3) is 0 Å². The Morgan fingerprint density at radius 2 is 1.91 bits per heavy atom. The number of nitrogens with two attached hydrogens (primary N) is 1. The maximum atomic E-state index is 6.05. The van der Waals surface area contributed by atoms with Crippen molar-refractivity contribution in [1.82, 2.24) is 19.7 Å². The second kappa shape index (κ2) is 6.21. The van der Waals surface area contributed by atoms with Gasteiger partial charge in [0.25, 0.3) is 0 Å². The first-order valence-electron chi connectivity index (χ1n) is 6.44. The molecule has 8 heteroatoms. The second-order valence-corrected chi connectivity index (χ2v) is 5.31. The number of nitrogens with zero attached hydrogens (tertiary/aromatic N) is 4. The summed E-state index contributed by atoms with van der Waals surface area (Å²) in [5.41, 5.74) is 7.45. The molecule has 0 fully saturated rings. The van der Waals surface area contributed by atoms with Crippen LogP contribution in [0.3, 0.4) is 0 Å². The minimum Gasteiger partial charge on any atom is -0.368 e. The summed E-state index contributed by atoms with van der Waals surface area (Å²) < 4.78 is 1.80. The molecule has 0 aliphatic carbocycles. The Morgan fingerprint density at radius 3 is 2.68 bits per heavy atom. The van der Waals surface area contributed by atoms with E-state index in [1.807, 2.05) is 36.5 Å². The Morgan fingerprint density at radius 1 is 1.14 bits per heavy atom. The molecule has 1 aromatic carbocycles. The smallest absolute Gasteiger partial charge is 0.223 e. The van der Waals surface area contributed by atoms with Crippen molar-refractivity contribution < 1.29 is 0 Å². The van der Waals surface area contributed by atoms with Gasteiger partial charge in [0, 0.05) is 6.20 Å². The van der Waals surface area contributed by atoms with Crippen molar-refractivity contribution in [2.45, 2.75) is 6.54 Å². The first kappa shape index (κ1) is 14.6. The number of hydrogen-bond donors (Lipinski definition) is 2. The first-order valence-corrected chi connectivity index (χ1v) is 7.19. The zero-order valence-electron chi connectivity index (χ0n) is 11.4. The highest BCUT2D eigenvalue weighted by Gasteiger charge is 2.11. The lowest BCUT2D eigenvalue weighted by Crippen LogP contribution is -2.01. The minimum atomic E-state index is 0.0496. The maximum Gasteiger partial charge on any atom is 0.223 e. The number of nitrogen functional groups attached to an aromatic ring is 1. The molecule has 0 saturated heterocycles. The van der Waals surface area contributed by atoms with Crippen LogP contribution in [0, 0.1) is 0 Å². The van der Waals surface area contributed by atoms with E-state index in [1.54, 1.807) is 10.9 Å². The summed E-state index contributed by atoms with van der Waals surface area (Å²) in [5.74, 6) is 0.395. The molecule has 0 spiro atoms. The molecule has 112 valence electrons. The van der Waals surface area contributed by atoms with Crippen LogP contribution in [0.4, 0.5) is 17.5 Å². The lowest BCUT2D eigenvalue weighted by molar-refractivity contribution is 0.687. The lowest BCUT2D eigenvalue weighted by atomic mass is 10.2. The molecular weight excluding hydrogens is 323 g/mol. The Kier molecular flexibility index (Phi) is 4.13. The molecule has 0 radical (unpaired) electrons. The molecule has 0 saturated carbocycles. The molecule has 2 aromatic heterocycles. The van der Waals surface area contributed by atoms with E-state index < -0.39 is 0 Å². The predicted molar refractivity (Wildman–Crippen MR) is 87.5 cm³/mol. The van der Waals surface area contributed by atoms with Crippen LogP contribution in [-0.4, -0.2) is 19.7 Å². The average molecular weight is 335 g/mol.